The highest BCUT2D eigenvalue weighted by Crippen LogP contribution is 2.09. The summed E-state index contributed by atoms with van der Waals surface area (Å²) in [7, 11) is 1.57. The second kappa shape index (κ2) is 5.76. The van der Waals surface area contributed by atoms with Crippen molar-refractivity contribution in [3.8, 4) is 0 Å². The molecule has 0 aliphatic heterocycles. The molecule has 0 fully saturated rings. The lowest BCUT2D eigenvalue weighted by Gasteiger charge is -2.02. The molecule has 1 amide bonds. The Morgan fingerprint density at radius 1 is 1.33 bits per heavy atom. The Balaban J connectivity index is 1.67. The smallest absolute Gasteiger partial charge is 0.287 e. The van der Waals surface area contributed by atoms with Gasteiger partial charge < -0.3 is 14.5 Å². The van der Waals surface area contributed by atoms with Gasteiger partial charge in [0.1, 0.15) is 12.4 Å². The molecule has 0 saturated heterocycles. The number of hydrogen-bond donors (Lipinski definition) is 1. The molecule has 0 bridgehead atoms. The molecular formula is C14H14N4O3. The molecule has 1 N–H and O–H groups in total. The first-order valence-corrected chi connectivity index (χ1v) is 6.42. The Kier molecular flexibility index (Phi) is 3.65. The number of fused-ring (bicyclic) bond motifs is 1. The first-order valence-electron chi connectivity index (χ1n) is 6.42. The SMILES string of the molecule is COCc1ccc(C(=O)NCc2nnc3ccccn23)o1. The molecule has 0 unspecified atom stereocenters. The maximum absolute atomic E-state index is 12.0. The Hall–Kier alpha value is -2.67. The highest BCUT2D eigenvalue weighted by Gasteiger charge is 2.12. The average Bonchev–Trinajstić information content (AvgIpc) is 3.12. The fraction of sp³-hybridized carbons (Fsp3) is 0.214. The molecule has 0 radical (unpaired) electrons. The van der Waals surface area contributed by atoms with E-state index in [9.17, 15) is 4.79 Å². The van der Waals surface area contributed by atoms with Crippen molar-refractivity contribution in [2.45, 2.75) is 13.2 Å². The summed E-state index contributed by atoms with van der Waals surface area (Å²) in [5.74, 6) is 1.21. The Labute approximate surface area is 120 Å². The molecule has 0 aliphatic rings. The topological polar surface area (TPSA) is 81.7 Å². The van der Waals surface area contributed by atoms with Gasteiger partial charge in [0.25, 0.3) is 5.91 Å². The van der Waals surface area contributed by atoms with Gasteiger partial charge in [0, 0.05) is 13.3 Å². The highest BCUT2D eigenvalue weighted by atomic mass is 16.5. The zero-order valence-corrected chi connectivity index (χ0v) is 11.4. The van der Waals surface area contributed by atoms with Crippen LogP contribution >= 0.6 is 0 Å². The second-order valence-electron chi connectivity index (χ2n) is 4.43. The fourth-order valence-electron chi connectivity index (χ4n) is 1.98. The minimum Gasteiger partial charge on any atom is -0.453 e. The van der Waals surface area contributed by atoms with E-state index in [0.717, 1.165) is 5.65 Å². The molecule has 21 heavy (non-hydrogen) atoms. The third-order valence-electron chi connectivity index (χ3n) is 2.96. The molecule has 0 saturated carbocycles. The number of rotatable bonds is 5. The predicted octanol–water partition coefficient (Wildman–Crippen LogP) is 1.40. The average molecular weight is 286 g/mol. The highest BCUT2D eigenvalue weighted by molar-refractivity contribution is 5.91. The molecule has 0 aromatic carbocycles. The van der Waals surface area contributed by atoms with E-state index in [4.69, 9.17) is 9.15 Å². The predicted molar refractivity (Wildman–Crippen MR) is 73.6 cm³/mol. The van der Waals surface area contributed by atoms with E-state index >= 15 is 0 Å². The van der Waals surface area contributed by atoms with Crippen molar-refractivity contribution in [2.75, 3.05) is 7.11 Å². The zero-order chi connectivity index (χ0) is 14.7. The summed E-state index contributed by atoms with van der Waals surface area (Å²) in [6, 6.07) is 8.94. The summed E-state index contributed by atoms with van der Waals surface area (Å²) in [4.78, 5) is 12.0. The molecule has 3 aromatic heterocycles. The summed E-state index contributed by atoms with van der Waals surface area (Å²) < 4.78 is 12.1. The Morgan fingerprint density at radius 3 is 3.10 bits per heavy atom. The lowest BCUT2D eigenvalue weighted by molar-refractivity contribution is 0.0913. The summed E-state index contributed by atoms with van der Waals surface area (Å²) in [5.41, 5.74) is 0.738. The van der Waals surface area contributed by atoms with Crippen LogP contribution in [0.2, 0.25) is 0 Å². The maximum atomic E-state index is 12.0. The number of pyridine rings is 1. The van der Waals surface area contributed by atoms with Crippen molar-refractivity contribution < 1.29 is 13.9 Å². The van der Waals surface area contributed by atoms with Crippen LogP contribution in [-0.2, 0) is 17.9 Å². The van der Waals surface area contributed by atoms with Crippen molar-refractivity contribution in [1.29, 1.82) is 0 Å². The number of methoxy groups -OCH3 is 1. The monoisotopic (exact) mass is 286 g/mol. The second-order valence-corrected chi connectivity index (χ2v) is 4.43. The molecule has 7 heteroatoms. The maximum Gasteiger partial charge on any atom is 0.287 e. The third kappa shape index (κ3) is 2.77. The number of carbonyl (C=O) groups excluding carboxylic acids is 1. The van der Waals surface area contributed by atoms with Crippen LogP contribution in [-0.4, -0.2) is 27.6 Å². The fourth-order valence-corrected chi connectivity index (χ4v) is 1.98. The molecule has 0 aliphatic carbocycles. The van der Waals surface area contributed by atoms with Crippen LogP contribution in [0.15, 0.2) is 40.9 Å². The minimum absolute atomic E-state index is 0.246. The van der Waals surface area contributed by atoms with Crippen molar-refractivity contribution >= 4 is 11.6 Å². The van der Waals surface area contributed by atoms with Gasteiger partial charge in [-0.3, -0.25) is 9.20 Å². The molecule has 7 nitrogen and oxygen atoms in total. The molecule has 3 rings (SSSR count). The minimum atomic E-state index is -0.301. The third-order valence-corrected chi connectivity index (χ3v) is 2.96. The van der Waals surface area contributed by atoms with Crippen molar-refractivity contribution in [1.82, 2.24) is 19.9 Å². The summed E-state index contributed by atoms with van der Waals surface area (Å²) in [6.45, 7) is 0.604. The van der Waals surface area contributed by atoms with Crippen molar-refractivity contribution in [2.24, 2.45) is 0 Å². The van der Waals surface area contributed by atoms with Crippen molar-refractivity contribution in [3.05, 3.63) is 53.9 Å². The quantitative estimate of drug-likeness (QED) is 0.766. The number of carbonyl (C=O) groups is 1. The standard InChI is InChI=1S/C14H14N4O3/c1-20-9-10-5-6-11(21-10)14(19)15-8-13-17-16-12-4-2-3-7-18(12)13/h2-7H,8-9H2,1H3,(H,15,19). The first-order chi connectivity index (χ1) is 10.3. The van der Waals surface area contributed by atoms with E-state index in [1.54, 1.807) is 19.2 Å². The number of aromatic nitrogens is 3. The van der Waals surface area contributed by atoms with Crippen LogP contribution in [0.1, 0.15) is 22.1 Å². The Morgan fingerprint density at radius 2 is 2.24 bits per heavy atom. The zero-order valence-electron chi connectivity index (χ0n) is 11.4. The number of ether oxygens (including phenoxy) is 1. The van der Waals surface area contributed by atoms with Gasteiger partial charge in [0.15, 0.2) is 17.2 Å². The van der Waals surface area contributed by atoms with Crippen LogP contribution in [0.5, 0.6) is 0 Å². The largest absolute Gasteiger partial charge is 0.453 e. The number of furan rings is 1. The summed E-state index contributed by atoms with van der Waals surface area (Å²) in [5, 5.41) is 10.8. The van der Waals surface area contributed by atoms with Gasteiger partial charge in [-0.1, -0.05) is 6.07 Å². The summed E-state index contributed by atoms with van der Waals surface area (Å²) in [6.07, 6.45) is 1.85. The van der Waals surface area contributed by atoms with E-state index in [0.29, 0.717) is 18.2 Å². The lowest BCUT2D eigenvalue weighted by Crippen LogP contribution is -2.23. The van der Waals surface area contributed by atoms with Crippen LogP contribution in [0.4, 0.5) is 0 Å². The van der Waals surface area contributed by atoms with Gasteiger partial charge in [0.2, 0.25) is 0 Å². The molecule has 0 spiro atoms. The van der Waals surface area contributed by atoms with Gasteiger partial charge in [-0.25, -0.2) is 0 Å². The number of nitrogens with zero attached hydrogens (tertiary/aromatic N) is 3. The van der Waals surface area contributed by atoms with Gasteiger partial charge in [-0.05, 0) is 24.3 Å². The molecular weight excluding hydrogens is 272 g/mol. The van der Waals surface area contributed by atoms with Crippen LogP contribution in [0.3, 0.4) is 0 Å². The molecule has 3 aromatic rings. The van der Waals surface area contributed by atoms with Gasteiger partial charge >= 0.3 is 0 Å². The normalized spacial score (nSPS) is 10.9. The molecule has 3 heterocycles. The van der Waals surface area contributed by atoms with E-state index in [1.807, 2.05) is 28.8 Å². The van der Waals surface area contributed by atoms with E-state index in [-0.39, 0.29) is 18.2 Å². The van der Waals surface area contributed by atoms with E-state index in [1.165, 1.54) is 0 Å². The van der Waals surface area contributed by atoms with Gasteiger partial charge in [-0.15, -0.1) is 10.2 Å². The molecule has 0 atom stereocenters. The van der Waals surface area contributed by atoms with Crippen molar-refractivity contribution in [3.63, 3.8) is 0 Å². The number of hydrogen-bond acceptors (Lipinski definition) is 5. The van der Waals surface area contributed by atoms with Crippen LogP contribution < -0.4 is 5.32 Å². The van der Waals surface area contributed by atoms with E-state index < -0.39 is 0 Å². The number of nitrogens with one attached hydrogen (secondary N) is 1. The van der Waals surface area contributed by atoms with Gasteiger partial charge in [-0.2, -0.15) is 0 Å². The van der Waals surface area contributed by atoms with Crippen LogP contribution in [0.25, 0.3) is 5.65 Å². The van der Waals surface area contributed by atoms with Crippen LogP contribution in [0, 0.1) is 0 Å². The van der Waals surface area contributed by atoms with Gasteiger partial charge in [0.05, 0.1) is 6.54 Å². The molecule has 108 valence electrons. The Bertz CT molecular complexity index is 762. The first kappa shape index (κ1) is 13.3. The number of amides is 1. The van der Waals surface area contributed by atoms with E-state index in [2.05, 4.69) is 15.5 Å². The lowest BCUT2D eigenvalue weighted by atomic mass is 10.4. The summed E-state index contributed by atoms with van der Waals surface area (Å²) >= 11 is 0.